The molecule has 2 fully saturated rings. The topological polar surface area (TPSA) is 113 Å². The fraction of sp³-hybridized carbons (Fsp3) is 0.524. The van der Waals surface area contributed by atoms with Gasteiger partial charge >= 0.3 is 0 Å². The number of aliphatic hydroxyl groups is 1. The molecule has 9 heteroatoms. The molecule has 0 unspecified atom stereocenters. The summed E-state index contributed by atoms with van der Waals surface area (Å²) in [7, 11) is -3.54. The van der Waals surface area contributed by atoms with Gasteiger partial charge in [0.15, 0.2) is 0 Å². The standard InChI is InChI=1S/C21H28N4O4S/c1-13(2)25-30(27,28)16-10-8-15(9-11-16)23-21-22-12-17(14-6-7-14)20(24-21)29-19-5-3-4-18(19)26/h8-14,18-19,25-26H,3-7H2,1-2H3,(H,22,23,24)/t18-,19+/m1/s1. The van der Waals surface area contributed by atoms with Gasteiger partial charge < -0.3 is 15.2 Å². The second kappa shape index (κ2) is 8.49. The minimum absolute atomic E-state index is 0.178. The minimum Gasteiger partial charge on any atom is -0.471 e. The molecule has 0 amide bonds. The number of hydrogen-bond donors (Lipinski definition) is 3. The van der Waals surface area contributed by atoms with E-state index in [4.69, 9.17) is 4.74 Å². The van der Waals surface area contributed by atoms with Gasteiger partial charge in [0.25, 0.3) is 0 Å². The quantitative estimate of drug-likeness (QED) is 0.587. The Morgan fingerprint density at radius 1 is 1.13 bits per heavy atom. The van der Waals surface area contributed by atoms with Gasteiger partial charge in [-0.15, -0.1) is 0 Å². The summed E-state index contributed by atoms with van der Waals surface area (Å²) in [5, 5.41) is 13.2. The first-order chi connectivity index (χ1) is 14.3. The molecule has 1 aromatic heterocycles. The van der Waals surface area contributed by atoms with Crippen molar-refractivity contribution in [2.24, 2.45) is 0 Å². The summed E-state index contributed by atoms with van der Waals surface area (Å²) >= 11 is 0. The van der Waals surface area contributed by atoms with Crippen molar-refractivity contribution in [1.82, 2.24) is 14.7 Å². The van der Waals surface area contributed by atoms with Gasteiger partial charge in [-0.1, -0.05) is 0 Å². The van der Waals surface area contributed by atoms with Gasteiger partial charge in [-0.3, -0.25) is 0 Å². The van der Waals surface area contributed by atoms with E-state index in [2.05, 4.69) is 20.0 Å². The van der Waals surface area contributed by atoms with Crippen molar-refractivity contribution >= 4 is 21.7 Å². The van der Waals surface area contributed by atoms with Crippen molar-refractivity contribution in [1.29, 1.82) is 0 Å². The highest BCUT2D eigenvalue weighted by Crippen LogP contribution is 2.44. The molecule has 1 aromatic carbocycles. The molecule has 2 atom stereocenters. The van der Waals surface area contributed by atoms with Crippen molar-refractivity contribution < 1.29 is 18.3 Å². The summed E-state index contributed by atoms with van der Waals surface area (Å²) in [6, 6.07) is 6.25. The van der Waals surface area contributed by atoms with Crippen molar-refractivity contribution in [3.8, 4) is 5.88 Å². The van der Waals surface area contributed by atoms with Crippen LogP contribution in [-0.2, 0) is 10.0 Å². The molecule has 0 radical (unpaired) electrons. The Balaban J connectivity index is 1.51. The summed E-state index contributed by atoms with van der Waals surface area (Å²) < 4.78 is 33.2. The summed E-state index contributed by atoms with van der Waals surface area (Å²) in [6.07, 6.45) is 5.80. The van der Waals surface area contributed by atoms with E-state index in [-0.39, 0.29) is 17.0 Å². The van der Waals surface area contributed by atoms with Gasteiger partial charge in [-0.25, -0.2) is 18.1 Å². The molecule has 2 aromatic rings. The predicted molar refractivity (Wildman–Crippen MR) is 113 cm³/mol. The number of sulfonamides is 1. The smallest absolute Gasteiger partial charge is 0.240 e. The highest BCUT2D eigenvalue weighted by atomic mass is 32.2. The number of hydrogen-bond acceptors (Lipinski definition) is 7. The first-order valence-corrected chi connectivity index (χ1v) is 11.9. The average molecular weight is 433 g/mol. The Bertz CT molecular complexity index is 991. The van der Waals surface area contributed by atoms with E-state index in [1.54, 1.807) is 32.2 Å². The fourth-order valence-electron chi connectivity index (χ4n) is 3.62. The number of aliphatic hydroxyl groups excluding tert-OH is 1. The van der Waals surface area contributed by atoms with Gasteiger partial charge in [0.05, 0.1) is 11.0 Å². The van der Waals surface area contributed by atoms with E-state index < -0.39 is 16.1 Å². The predicted octanol–water partition coefficient (Wildman–Crippen LogP) is 3.08. The molecule has 2 saturated carbocycles. The Hall–Kier alpha value is -2.23. The van der Waals surface area contributed by atoms with Crippen LogP contribution in [0.15, 0.2) is 35.4 Å². The maximum absolute atomic E-state index is 12.3. The fourth-order valence-corrected chi connectivity index (χ4v) is 4.87. The van der Waals surface area contributed by atoms with Crippen LogP contribution in [0.5, 0.6) is 5.88 Å². The summed E-state index contributed by atoms with van der Waals surface area (Å²) in [5.74, 6) is 1.32. The molecule has 2 aliphatic carbocycles. The molecule has 8 nitrogen and oxygen atoms in total. The van der Waals surface area contributed by atoms with Crippen LogP contribution in [0.1, 0.15) is 57.4 Å². The first kappa shape index (κ1) is 21.0. The van der Waals surface area contributed by atoms with Gasteiger partial charge in [-0.2, -0.15) is 4.98 Å². The molecule has 0 bridgehead atoms. The van der Waals surface area contributed by atoms with E-state index in [9.17, 15) is 13.5 Å². The van der Waals surface area contributed by atoms with E-state index >= 15 is 0 Å². The summed E-state index contributed by atoms with van der Waals surface area (Å²) in [5.41, 5.74) is 1.66. The molecule has 0 saturated heterocycles. The SMILES string of the molecule is CC(C)NS(=O)(=O)c1ccc(Nc2ncc(C3CC3)c(O[C@H]3CCC[C@H]3O)n2)cc1. The second-order valence-electron chi connectivity index (χ2n) is 8.31. The van der Waals surface area contributed by atoms with Gasteiger partial charge in [0, 0.05) is 23.5 Å². The molecule has 3 N–H and O–H groups in total. The van der Waals surface area contributed by atoms with Crippen LogP contribution in [-0.4, -0.2) is 41.7 Å². The third kappa shape index (κ3) is 4.91. The molecule has 2 aliphatic rings. The lowest BCUT2D eigenvalue weighted by atomic mass is 10.2. The van der Waals surface area contributed by atoms with E-state index in [1.807, 2.05) is 0 Å². The van der Waals surface area contributed by atoms with E-state index in [1.165, 1.54) is 12.1 Å². The van der Waals surface area contributed by atoms with Crippen molar-refractivity contribution in [3.05, 3.63) is 36.0 Å². The Morgan fingerprint density at radius 2 is 1.87 bits per heavy atom. The zero-order chi connectivity index (χ0) is 21.3. The third-order valence-electron chi connectivity index (χ3n) is 5.29. The number of benzene rings is 1. The zero-order valence-electron chi connectivity index (χ0n) is 17.2. The van der Waals surface area contributed by atoms with Gasteiger partial charge in [0.1, 0.15) is 6.10 Å². The second-order valence-corrected chi connectivity index (χ2v) is 10.0. The summed E-state index contributed by atoms with van der Waals surface area (Å²) in [6.45, 7) is 3.56. The lowest BCUT2D eigenvalue weighted by molar-refractivity contribution is 0.0567. The lowest BCUT2D eigenvalue weighted by Crippen LogP contribution is -2.30. The molecule has 0 aliphatic heterocycles. The Kier molecular flexibility index (Phi) is 5.95. The number of aromatic nitrogens is 2. The summed E-state index contributed by atoms with van der Waals surface area (Å²) in [4.78, 5) is 9.16. The third-order valence-corrected chi connectivity index (χ3v) is 6.96. The first-order valence-electron chi connectivity index (χ1n) is 10.4. The van der Waals surface area contributed by atoms with Crippen LogP contribution >= 0.6 is 0 Å². The van der Waals surface area contributed by atoms with Crippen molar-refractivity contribution in [3.63, 3.8) is 0 Å². The van der Waals surface area contributed by atoms with Crippen LogP contribution in [0.3, 0.4) is 0 Å². The molecule has 162 valence electrons. The maximum Gasteiger partial charge on any atom is 0.240 e. The van der Waals surface area contributed by atoms with Crippen molar-refractivity contribution in [2.45, 2.75) is 75.0 Å². The number of nitrogens with zero attached hydrogens (tertiary/aromatic N) is 2. The Labute approximate surface area is 177 Å². The number of ether oxygens (including phenoxy) is 1. The highest BCUT2D eigenvalue weighted by Gasteiger charge is 2.32. The largest absolute Gasteiger partial charge is 0.471 e. The lowest BCUT2D eigenvalue weighted by Gasteiger charge is -2.19. The molecule has 0 spiro atoms. The average Bonchev–Trinajstić information content (AvgIpc) is 3.45. The minimum atomic E-state index is -3.54. The highest BCUT2D eigenvalue weighted by molar-refractivity contribution is 7.89. The number of rotatable bonds is 8. The van der Waals surface area contributed by atoms with Gasteiger partial charge in [0.2, 0.25) is 21.9 Å². The van der Waals surface area contributed by atoms with Crippen molar-refractivity contribution in [2.75, 3.05) is 5.32 Å². The normalized spacial score (nSPS) is 21.7. The molecule has 4 rings (SSSR count). The zero-order valence-corrected chi connectivity index (χ0v) is 18.0. The van der Waals surface area contributed by atoms with E-state index in [0.717, 1.165) is 37.7 Å². The molecular weight excluding hydrogens is 404 g/mol. The van der Waals surface area contributed by atoms with Crippen LogP contribution in [0.2, 0.25) is 0 Å². The maximum atomic E-state index is 12.3. The monoisotopic (exact) mass is 432 g/mol. The van der Waals surface area contributed by atoms with Gasteiger partial charge in [-0.05, 0) is 76.1 Å². The molecule has 30 heavy (non-hydrogen) atoms. The Morgan fingerprint density at radius 3 is 2.47 bits per heavy atom. The van der Waals surface area contributed by atoms with E-state index in [0.29, 0.717) is 23.4 Å². The van der Waals surface area contributed by atoms with Crippen LogP contribution in [0.4, 0.5) is 11.6 Å². The van der Waals surface area contributed by atoms with Crippen LogP contribution in [0.25, 0.3) is 0 Å². The van der Waals surface area contributed by atoms with Crippen LogP contribution < -0.4 is 14.8 Å². The van der Waals surface area contributed by atoms with Crippen LogP contribution in [0, 0.1) is 0 Å². The number of nitrogens with one attached hydrogen (secondary N) is 2. The number of anilines is 2. The molecule has 1 heterocycles. The molecular formula is C21H28N4O4S.